The SMILES string of the molecule is [B][B]B(C)N1C(=O)C2C3C[C@@H](C[C@@]34CCC3(CC5C[C@@H]3[C@@H]3C(=O)N(C)C(=O)C53)C4=O)[C@@H]2C1=O. The minimum absolute atomic E-state index is 0.0556. The van der Waals surface area contributed by atoms with Crippen LogP contribution in [0.1, 0.15) is 38.5 Å². The third-order valence-corrected chi connectivity index (χ3v) is 11.3. The average Bonchev–Trinajstić information content (AvgIpc) is 3.63. The van der Waals surface area contributed by atoms with Crippen molar-refractivity contribution in [3.05, 3.63) is 0 Å². The Bertz CT molecular complexity index is 1070. The number of Topliss-reactive ketones (excluding diaryl/α,β-unsaturated/α-hetero) is 1. The molecule has 0 aromatic heterocycles. The Hall–Kier alpha value is -1.86. The fraction of sp³-hybridized carbons (Fsp3) is 0.783. The number of nitrogens with zero attached hydrogens (tertiary/aromatic N) is 2. The predicted molar refractivity (Wildman–Crippen MR) is 118 cm³/mol. The summed E-state index contributed by atoms with van der Waals surface area (Å²) < 4.78 is 0. The maximum absolute atomic E-state index is 14.4. The normalized spacial score (nSPS) is 51.2. The lowest BCUT2D eigenvalue weighted by atomic mass is 9.20. The van der Waals surface area contributed by atoms with Crippen molar-refractivity contribution in [3.63, 3.8) is 0 Å². The van der Waals surface area contributed by atoms with Gasteiger partial charge >= 0.3 is 0 Å². The number of likely N-dealkylation sites (tertiary alicyclic amines) is 1. The second kappa shape index (κ2) is 6.03. The molecule has 2 spiro atoms. The summed E-state index contributed by atoms with van der Waals surface area (Å²) in [6.45, 7) is 1.31. The lowest BCUT2D eigenvalue weighted by molar-refractivity contribution is -0.145. The van der Waals surface area contributed by atoms with Crippen LogP contribution in [0.25, 0.3) is 0 Å². The zero-order valence-electron chi connectivity index (χ0n) is 19.0. The van der Waals surface area contributed by atoms with Gasteiger partial charge in [-0.15, -0.1) is 0 Å². The Kier molecular flexibility index (Phi) is 3.75. The molecule has 7 nitrogen and oxygen atoms in total. The largest absolute Gasteiger partial charge is 0.338 e. The molecule has 5 unspecified atom stereocenters. The summed E-state index contributed by atoms with van der Waals surface area (Å²) in [5.74, 6) is -1.51. The van der Waals surface area contributed by atoms with Crippen molar-refractivity contribution in [2.75, 3.05) is 7.05 Å². The van der Waals surface area contributed by atoms with Gasteiger partial charge in [0.2, 0.25) is 30.4 Å². The zero-order valence-corrected chi connectivity index (χ0v) is 19.0. The first-order valence-corrected chi connectivity index (χ1v) is 12.5. The van der Waals surface area contributed by atoms with Crippen molar-refractivity contribution in [3.8, 4) is 0 Å². The number of hydrogen-bond donors (Lipinski definition) is 0. The molecular weight excluding hydrogens is 417 g/mol. The number of ketones is 1. The van der Waals surface area contributed by atoms with E-state index in [1.807, 2.05) is 0 Å². The van der Waals surface area contributed by atoms with Crippen LogP contribution in [0.4, 0.5) is 0 Å². The molecule has 7 fully saturated rings. The van der Waals surface area contributed by atoms with Crippen LogP contribution in [-0.2, 0) is 24.0 Å². The van der Waals surface area contributed by atoms with Crippen molar-refractivity contribution in [1.29, 1.82) is 0 Å². The van der Waals surface area contributed by atoms with E-state index in [-0.39, 0.29) is 70.8 Å². The molecular formula is C23H26B3N2O5. The Morgan fingerprint density at radius 3 is 1.82 bits per heavy atom. The zero-order chi connectivity index (χ0) is 23.2. The van der Waals surface area contributed by atoms with E-state index in [9.17, 15) is 24.0 Å². The standard InChI is InChI=1S/C23H26B3N2O5/c1-26(25-24)28-19(31)14-10-6-12(16(14)20(28)32)23(8-10)4-3-22(21(23)33)7-9-5-11(22)15-13(9)17(29)27(2)18(15)30/h9-16H,3-8H2,1-2H3/t9?,10-,11+,12?,13?,14-,15-,16?,22?,23-/m0/s1. The molecule has 7 aliphatic rings. The van der Waals surface area contributed by atoms with E-state index in [1.54, 1.807) is 13.9 Å². The molecule has 4 bridgehead atoms. The first-order chi connectivity index (χ1) is 15.7. The molecule has 5 aliphatic carbocycles. The van der Waals surface area contributed by atoms with Gasteiger partial charge in [0.1, 0.15) is 5.78 Å². The number of carbonyl (C=O) groups excluding carboxylic acids is 5. The lowest BCUT2D eigenvalue weighted by Crippen LogP contribution is -2.49. The first kappa shape index (κ1) is 20.5. The van der Waals surface area contributed by atoms with Crippen LogP contribution < -0.4 is 0 Å². The van der Waals surface area contributed by atoms with Gasteiger partial charge in [0, 0.05) is 25.6 Å². The molecule has 10 heteroatoms. The van der Waals surface area contributed by atoms with Crippen molar-refractivity contribution in [2.45, 2.75) is 45.3 Å². The number of amides is 4. The lowest BCUT2D eigenvalue weighted by Gasteiger charge is -2.42. The van der Waals surface area contributed by atoms with Gasteiger partial charge in [-0.25, -0.2) is 0 Å². The first-order valence-electron chi connectivity index (χ1n) is 12.5. The van der Waals surface area contributed by atoms with Gasteiger partial charge in [0.05, 0.1) is 30.7 Å². The van der Waals surface area contributed by atoms with E-state index in [1.165, 1.54) is 16.8 Å². The third kappa shape index (κ3) is 2.00. The highest BCUT2D eigenvalue weighted by Crippen LogP contribution is 2.75. The summed E-state index contributed by atoms with van der Waals surface area (Å²) in [6.07, 6.45) is 4.44. The van der Waals surface area contributed by atoms with E-state index in [0.717, 1.165) is 25.7 Å². The summed E-state index contributed by atoms with van der Waals surface area (Å²) in [6, 6.07) is 0. The molecule has 0 aromatic rings. The van der Waals surface area contributed by atoms with Crippen molar-refractivity contribution < 1.29 is 24.0 Å². The van der Waals surface area contributed by atoms with E-state index in [0.29, 0.717) is 12.8 Å². The number of fused-ring (bicyclic) bond motifs is 12. The third-order valence-electron chi connectivity index (χ3n) is 11.3. The Morgan fingerprint density at radius 1 is 0.818 bits per heavy atom. The number of rotatable bonds is 2. The second-order valence-corrected chi connectivity index (χ2v) is 12.1. The molecule has 33 heavy (non-hydrogen) atoms. The van der Waals surface area contributed by atoms with Gasteiger partial charge in [0.15, 0.2) is 0 Å². The fourth-order valence-corrected chi connectivity index (χ4v) is 10.2. The van der Waals surface area contributed by atoms with Gasteiger partial charge < -0.3 is 4.81 Å². The second-order valence-electron chi connectivity index (χ2n) is 12.1. The minimum atomic E-state index is -0.551. The topological polar surface area (TPSA) is 91.8 Å². The molecule has 4 amide bonds. The van der Waals surface area contributed by atoms with Crippen LogP contribution in [0.15, 0.2) is 0 Å². The molecule has 5 saturated carbocycles. The summed E-state index contributed by atoms with van der Waals surface area (Å²) in [5.41, 5.74) is -1.08. The number of imide groups is 2. The summed E-state index contributed by atoms with van der Waals surface area (Å²) in [7, 11) is 8.60. The van der Waals surface area contributed by atoms with Crippen LogP contribution >= 0.6 is 0 Å². The van der Waals surface area contributed by atoms with Gasteiger partial charge in [-0.05, 0) is 62.2 Å². The van der Waals surface area contributed by atoms with Gasteiger partial charge in [-0.2, -0.15) is 0 Å². The van der Waals surface area contributed by atoms with E-state index >= 15 is 0 Å². The van der Waals surface area contributed by atoms with Crippen molar-refractivity contribution >= 4 is 50.9 Å². The Morgan fingerprint density at radius 2 is 1.27 bits per heavy atom. The van der Waals surface area contributed by atoms with Crippen molar-refractivity contribution in [1.82, 2.24) is 9.71 Å². The molecule has 2 saturated heterocycles. The highest BCUT2D eigenvalue weighted by atomic mass is 16.2. The number of carbonyl (C=O) groups is 5. The monoisotopic (exact) mass is 443 g/mol. The van der Waals surface area contributed by atoms with Crippen LogP contribution in [-0.4, -0.2) is 67.7 Å². The molecule has 3 radical (unpaired) electrons. The smallest absolute Gasteiger partial charge is 0.233 e. The van der Waals surface area contributed by atoms with E-state index < -0.39 is 23.5 Å². The molecule has 167 valence electrons. The number of hydrogen-bond acceptors (Lipinski definition) is 5. The molecule has 0 N–H and O–H groups in total. The van der Waals surface area contributed by atoms with Gasteiger partial charge in [-0.3, -0.25) is 28.9 Å². The van der Waals surface area contributed by atoms with Crippen LogP contribution in [0.3, 0.4) is 0 Å². The summed E-state index contributed by atoms with van der Waals surface area (Å²) >= 11 is 0. The van der Waals surface area contributed by atoms with Crippen molar-refractivity contribution in [2.24, 2.45) is 58.2 Å². The van der Waals surface area contributed by atoms with Gasteiger partial charge in [0.25, 0.3) is 0 Å². The maximum atomic E-state index is 14.4. The van der Waals surface area contributed by atoms with E-state index in [2.05, 4.69) is 0 Å². The predicted octanol–water partition coefficient (Wildman–Crippen LogP) is 0.140. The molecule has 0 aromatic carbocycles. The fourth-order valence-electron chi connectivity index (χ4n) is 10.2. The van der Waals surface area contributed by atoms with Crippen LogP contribution in [0, 0.1) is 58.2 Å². The average molecular weight is 443 g/mol. The molecule has 10 atom stereocenters. The summed E-state index contributed by atoms with van der Waals surface area (Å²) in [4.78, 5) is 69.1. The quantitative estimate of drug-likeness (QED) is 0.448. The van der Waals surface area contributed by atoms with Crippen LogP contribution in [0.5, 0.6) is 0 Å². The van der Waals surface area contributed by atoms with E-state index in [4.69, 9.17) is 7.74 Å². The highest BCUT2D eigenvalue weighted by molar-refractivity contribution is 7.30. The Labute approximate surface area is 195 Å². The summed E-state index contributed by atoms with van der Waals surface area (Å²) in [5, 5.41) is 0. The molecule has 2 heterocycles. The Balaban J connectivity index is 1.22. The minimum Gasteiger partial charge on any atom is -0.338 e. The highest BCUT2D eigenvalue weighted by Gasteiger charge is 2.78. The van der Waals surface area contributed by atoms with Crippen LogP contribution in [0.2, 0.25) is 6.82 Å². The molecule has 2 aliphatic heterocycles. The molecule has 7 rings (SSSR count). The maximum Gasteiger partial charge on any atom is 0.233 e. The van der Waals surface area contributed by atoms with Gasteiger partial charge in [-0.1, -0.05) is 6.82 Å².